The quantitative estimate of drug-likeness (QED) is 0.392. The number of carbonyl (C=O) groups excluding carboxylic acids is 1. The Morgan fingerprint density at radius 2 is 1.58 bits per heavy atom. The van der Waals surface area contributed by atoms with Crippen molar-refractivity contribution >= 4 is 27.7 Å². The molecule has 164 valence electrons. The molecule has 5 rings (SSSR count). The van der Waals surface area contributed by atoms with E-state index in [1.807, 2.05) is 72.9 Å². The molecule has 0 atom stereocenters. The lowest BCUT2D eigenvalue weighted by atomic mass is 10.1. The average molecular weight is 437 g/mol. The van der Waals surface area contributed by atoms with Crippen LogP contribution in [-0.4, -0.2) is 25.8 Å². The number of amides is 1. The zero-order chi connectivity index (χ0) is 22.6. The Kier molecular flexibility index (Phi) is 5.72. The summed E-state index contributed by atoms with van der Waals surface area (Å²) in [7, 11) is 0. The van der Waals surface area contributed by atoms with Gasteiger partial charge >= 0.3 is 0 Å². The van der Waals surface area contributed by atoms with E-state index in [9.17, 15) is 9.59 Å². The maximum Gasteiger partial charge on any atom is 0.258 e. The number of H-pyrrole nitrogens is 2. The second kappa shape index (κ2) is 9.12. The second-order valence-corrected chi connectivity index (χ2v) is 8.12. The molecule has 2 N–H and O–H groups in total. The highest BCUT2D eigenvalue weighted by molar-refractivity contribution is 5.84. The molecule has 0 fully saturated rings. The van der Waals surface area contributed by atoms with Gasteiger partial charge in [0.25, 0.3) is 5.56 Å². The lowest BCUT2D eigenvalue weighted by Crippen LogP contribution is -2.32. The van der Waals surface area contributed by atoms with Crippen LogP contribution in [0.15, 0.2) is 89.9 Å². The van der Waals surface area contributed by atoms with Crippen molar-refractivity contribution in [2.45, 2.75) is 25.9 Å². The summed E-state index contributed by atoms with van der Waals surface area (Å²) in [5.74, 6) is 0.495. The fourth-order valence-corrected chi connectivity index (χ4v) is 4.16. The maximum absolute atomic E-state index is 13.3. The van der Waals surface area contributed by atoms with Crippen molar-refractivity contribution in [3.63, 3.8) is 0 Å². The number of aromatic amines is 2. The molecule has 0 aliphatic heterocycles. The van der Waals surface area contributed by atoms with Crippen molar-refractivity contribution in [3.05, 3.63) is 112 Å². The van der Waals surface area contributed by atoms with Crippen LogP contribution in [-0.2, 0) is 24.3 Å². The van der Waals surface area contributed by atoms with Crippen LogP contribution >= 0.6 is 0 Å². The summed E-state index contributed by atoms with van der Waals surface area (Å²) in [4.78, 5) is 38.3. The Labute approximate surface area is 190 Å². The van der Waals surface area contributed by atoms with E-state index in [0.717, 1.165) is 22.0 Å². The van der Waals surface area contributed by atoms with Crippen LogP contribution < -0.4 is 5.56 Å². The van der Waals surface area contributed by atoms with Crippen LogP contribution in [0.2, 0.25) is 0 Å². The zero-order valence-corrected chi connectivity index (χ0v) is 18.1. The first kappa shape index (κ1) is 20.7. The highest BCUT2D eigenvalue weighted by Gasteiger charge is 2.17. The number of carbonyl (C=O) groups is 1. The van der Waals surface area contributed by atoms with Crippen molar-refractivity contribution in [1.29, 1.82) is 0 Å². The van der Waals surface area contributed by atoms with Crippen molar-refractivity contribution < 1.29 is 4.79 Å². The van der Waals surface area contributed by atoms with Crippen molar-refractivity contribution in [1.82, 2.24) is 19.9 Å². The standard InChI is InChI=1S/C27H24N4O2/c32-26(15-14-20-16-28-23-12-6-4-10-21(20)23)31(17-19-8-2-1-3-9-19)18-25-29-24-13-7-5-11-22(24)27(33)30-25/h1-13,16,28H,14-15,17-18H2,(H,29,30,33). The summed E-state index contributed by atoms with van der Waals surface area (Å²) < 4.78 is 0. The predicted octanol–water partition coefficient (Wildman–Crippen LogP) is 4.57. The summed E-state index contributed by atoms with van der Waals surface area (Å²) in [6, 6.07) is 25.2. The van der Waals surface area contributed by atoms with Gasteiger partial charge in [-0.05, 0) is 35.7 Å². The van der Waals surface area contributed by atoms with Gasteiger partial charge in [-0.25, -0.2) is 4.98 Å². The minimum atomic E-state index is -0.193. The van der Waals surface area contributed by atoms with E-state index in [1.54, 1.807) is 11.0 Å². The normalized spacial score (nSPS) is 11.2. The van der Waals surface area contributed by atoms with Gasteiger partial charge in [0.05, 0.1) is 17.4 Å². The molecule has 5 aromatic rings. The lowest BCUT2D eigenvalue weighted by molar-refractivity contribution is -0.132. The first-order valence-electron chi connectivity index (χ1n) is 11.0. The topological polar surface area (TPSA) is 81.8 Å². The SMILES string of the molecule is O=C(CCc1c[nH]c2ccccc12)N(Cc1ccccc1)Cc1nc2ccccc2c(=O)[nH]1. The van der Waals surface area contributed by atoms with E-state index in [4.69, 9.17) is 0 Å². The monoisotopic (exact) mass is 436 g/mol. The van der Waals surface area contributed by atoms with Gasteiger partial charge in [-0.2, -0.15) is 0 Å². The fraction of sp³-hybridized carbons (Fsp3) is 0.148. The number of aryl methyl sites for hydroxylation is 1. The summed E-state index contributed by atoms with van der Waals surface area (Å²) in [5, 5.41) is 1.68. The molecule has 0 saturated carbocycles. The first-order valence-corrected chi connectivity index (χ1v) is 11.0. The molecule has 0 saturated heterocycles. The van der Waals surface area contributed by atoms with Gasteiger partial charge in [0.2, 0.25) is 5.91 Å². The van der Waals surface area contributed by atoms with E-state index in [2.05, 4.69) is 21.0 Å². The van der Waals surface area contributed by atoms with E-state index < -0.39 is 0 Å². The third kappa shape index (κ3) is 4.55. The fourth-order valence-electron chi connectivity index (χ4n) is 4.16. The number of benzene rings is 3. The summed E-state index contributed by atoms with van der Waals surface area (Å²) in [6.07, 6.45) is 2.98. The van der Waals surface area contributed by atoms with Crippen molar-refractivity contribution in [2.24, 2.45) is 0 Å². The number of hydrogen-bond acceptors (Lipinski definition) is 3. The van der Waals surface area contributed by atoms with Crippen LogP contribution in [0, 0.1) is 0 Å². The lowest BCUT2D eigenvalue weighted by Gasteiger charge is -2.22. The van der Waals surface area contributed by atoms with Gasteiger partial charge in [0.15, 0.2) is 0 Å². The van der Waals surface area contributed by atoms with E-state index in [1.165, 1.54) is 0 Å². The van der Waals surface area contributed by atoms with Crippen LogP contribution in [0.3, 0.4) is 0 Å². The Morgan fingerprint density at radius 3 is 2.42 bits per heavy atom. The Balaban J connectivity index is 1.39. The predicted molar refractivity (Wildman–Crippen MR) is 130 cm³/mol. The Bertz CT molecular complexity index is 1470. The van der Waals surface area contributed by atoms with Crippen LogP contribution in [0.4, 0.5) is 0 Å². The number of rotatable bonds is 7. The molecule has 6 heteroatoms. The second-order valence-electron chi connectivity index (χ2n) is 8.12. The highest BCUT2D eigenvalue weighted by atomic mass is 16.2. The van der Waals surface area contributed by atoms with Crippen molar-refractivity contribution in [3.8, 4) is 0 Å². The van der Waals surface area contributed by atoms with Gasteiger partial charge in [0, 0.05) is 30.1 Å². The van der Waals surface area contributed by atoms with E-state index in [0.29, 0.717) is 36.1 Å². The molecule has 1 amide bonds. The number of aromatic nitrogens is 3. The molecule has 0 aliphatic carbocycles. The van der Waals surface area contributed by atoms with E-state index in [-0.39, 0.29) is 18.0 Å². The zero-order valence-electron chi connectivity index (χ0n) is 18.1. The molecule has 0 bridgehead atoms. The molecule has 0 aliphatic rings. The smallest absolute Gasteiger partial charge is 0.258 e. The molecule has 0 spiro atoms. The minimum absolute atomic E-state index is 0.0138. The molecule has 0 radical (unpaired) electrons. The minimum Gasteiger partial charge on any atom is -0.361 e. The van der Waals surface area contributed by atoms with Gasteiger partial charge in [0.1, 0.15) is 5.82 Å². The van der Waals surface area contributed by atoms with Gasteiger partial charge in [-0.1, -0.05) is 60.7 Å². The van der Waals surface area contributed by atoms with Gasteiger partial charge < -0.3 is 14.9 Å². The molecule has 2 heterocycles. The van der Waals surface area contributed by atoms with Crippen molar-refractivity contribution in [2.75, 3.05) is 0 Å². The number of fused-ring (bicyclic) bond motifs is 2. The van der Waals surface area contributed by atoms with Crippen LogP contribution in [0.1, 0.15) is 23.4 Å². The van der Waals surface area contributed by atoms with Gasteiger partial charge in [-0.15, -0.1) is 0 Å². The third-order valence-corrected chi connectivity index (χ3v) is 5.85. The number of nitrogens with zero attached hydrogens (tertiary/aromatic N) is 2. The Morgan fingerprint density at radius 1 is 0.848 bits per heavy atom. The number of para-hydroxylation sites is 2. The molecule has 33 heavy (non-hydrogen) atoms. The first-order chi connectivity index (χ1) is 16.2. The Hall–Kier alpha value is -4.19. The molecule has 0 unspecified atom stereocenters. The number of hydrogen-bond donors (Lipinski definition) is 2. The molecule has 6 nitrogen and oxygen atoms in total. The summed E-state index contributed by atoms with van der Waals surface area (Å²) in [6.45, 7) is 0.686. The summed E-state index contributed by atoms with van der Waals surface area (Å²) in [5.41, 5.74) is 3.65. The molecule has 2 aromatic heterocycles. The van der Waals surface area contributed by atoms with E-state index >= 15 is 0 Å². The average Bonchev–Trinajstić information content (AvgIpc) is 3.26. The molecular formula is C27H24N4O2. The summed E-state index contributed by atoms with van der Waals surface area (Å²) >= 11 is 0. The third-order valence-electron chi connectivity index (χ3n) is 5.85. The maximum atomic E-state index is 13.3. The number of nitrogens with one attached hydrogen (secondary N) is 2. The largest absolute Gasteiger partial charge is 0.361 e. The van der Waals surface area contributed by atoms with Gasteiger partial charge in [-0.3, -0.25) is 9.59 Å². The molecular weight excluding hydrogens is 412 g/mol. The van der Waals surface area contributed by atoms with Crippen LogP contribution in [0.25, 0.3) is 21.8 Å². The molecule has 3 aromatic carbocycles. The highest BCUT2D eigenvalue weighted by Crippen LogP contribution is 2.20. The van der Waals surface area contributed by atoms with Crippen LogP contribution in [0.5, 0.6) is 0 Å².